The van der Waals surface area contributed by atoms with E-state index < -0.39 is 18.2 Å². The van der Waals surface area contributed by atoms with Gasteiger partial charge in [-0.1, -0.05) is 30.3 Å². The molecule has 0 aliphatic carbocycles. The van der Waals surface area contributed by atoms with Crippen LogP contribution in [-0.4, -0.2) is 18.2 Å². The van der Waals surface area contributed by atoms with E-state index in [1.54, 1.807) is 36.6 Å². The van der Waals surface area contributed by atoms with Crippen LogP contribution in [0, 0.1) is 0 Å². The Labute approximate surface area is 105 Å². The second-order valence-corrected chi connectivity index (χ2v) is 3.49. The highest BCUT2D eigenvalue weighted by Crippen LogP contribution is 2.19. The molecule has 5 heteroatoms. The first-order valence-electron chi connectivity index (χ1n) is 5.40. The normalized spacial score (nSPS) is 11.4. The molecular formula is C13H13O5. The maximum Gasteiger partial charge on any atom is 0.309 e. The molecule has 5 nitrogen and oxygen atoms in total. The number of benzene rings is 1. The Hall–Kier alpha value is -2.17. The van der Waals surface area contributed by atoms with E-state index in [2.05, 4.69) is 0 Å². The number of carbonyl (C=O) groups excluding carboxylic acids is 3. The number of rotatable bonds is 6. The zero-order chi connectivity index (χ0) is 13.4. The van der Waals surface area contributed by atoms with E-state index in [1.807, 2.05) is 0 Å². The van der Waals surface area contributed by atoms with E-state index in [0.717, 1.165) is 0 Å². The van der Waals surface area contributed by atoms with E-state index in [1.165, 1.54) is 6.92 Å². The third-order valence-corrected chi connectivity index (χ3v) is 2.01. The summed E-state index contributed by atoms with van der Waals surface area (Å²) in [5, 5.41) is 0. The van der Waals surface area contributed by atoms with Crippen LogP contribution < -0.4 is 0 Å². The Bertz CT molecular complexity index is 413. The summed E-state index contributed by atoms with van der Waals surface area (Å²) < 4.78 is 9.90. The van der Waals surface area contributed by atoms with Crippen LogP contribution in [0.3, 0.4) is 0 Å². The predicted molar refractivity (Wildman–Crippen MR) is 62.0 cm³/mol. The molecule has 0 bridgehead atoms. The van der Waals surface area contributed by atoms with E-state index in [9.17, 15) is 14.4 Å². The Kier molecular flexibility index (Phi) is 5.57. The molecule has 0 heterocycles. The molecule has 1 atom stereocenters. The van der Waals surface area contributed by atoms with Crippen molar-refractivity contribution in [2.45, 2.75) is 26.1 Å². The monoisotopic (exact) mass is 249 g/mol. The predicted octanol–water partition coefficient (Wildman–Crippen LogP) is 1.68. The second kappa shape index (κ2) is 7.21. The highest BCUT2D eigenvalue weighted by Gasteiger charge is 2.19. The van der Waals surface area contributed by atoms with Gasteiger partial charge in [0.1, 0.15) is 0 Å². The Morgan fingerprint density at radius 1 is 1.22 bits per heavy atom. The molecule has 0 fully saturated rings. The summed E-state index contributed by atoms with van der Waals surface area (Å²) in [5.41, 5.74) is 0.552. The van der Waals surface area contributed by atoms with Crippen molar-refractivity contribution in [3.8, 4) is 0 Å². The van der Waals surface area contributed by atoms with Crippen LogP contribution in [0.15, 0.2) is 30.3 Å². The molecule has 1 aromatic carbocycles. The van der Waals surface area contributed by atoms with Crippen LogP contribution in [0.2, 0.25) is 0 Å². The van der Waals surface area contributed by atoms with Gasteiger partial charge in [-0.2, -0.15) is 0 Å². The van der Waals surface area contributed by atoms with Gasteiger partial charge in [-0.05, 0) is 0 Å². The molecule has 18 heavy (non-hydrogen) atoms. The van der Waals surface area contributed by atoms with Gasteiger partial charge in [-0.15, -0.1) is 0 Å². The largest absolute Gasteiger partial charge is 0.421 e. The van der Waals surface area contributed by atoms with Gasteiger partial charge in [0.05, 0.1) is 6.42 Å². The minimum absolute atomic E-state index is 0.0413. The molecular weight excluding hydrogens is 236 g/mol. The maximum absolute atomic E-state index is 11.4. The zero-order valence-electron chi connectivity index (χ0n) is 9.92. The van der Waals surface area contributed by atoms with Crippen LogP contribution in [-0.2, 0) is 23.9 Å². The summed E-state index contributed by atoms with van der Waals surface area (Å²) in [6.07, 6.45) is 0.383. The molecule has 0 saturated heterocycles. The summed E-state index contributed by atoms with van der Waals surface area (Å²) in [4.78, 5) is 32.3. The van der Waals surface area contributed by atoms with E-state index >= 15 is 0 Å². The number of ether oxygens (including phenoxy) is 2. The SMILES string of the molecule is CC(=O)OC(OC(=O)CC[C]=O)c1ccccc1. The molecule has 0 saturated carbocycles. The van der Waals surface area contributed by atoms with Crippen LogP contribution >= 0.6 is 0 Å². The van der Waals surface area contributed by atoms with E-state index in [-0.39, 0.29) is 12.8 Å². The van der Waals surface area contributed by atoms with Crippen molar-refractivity contribution < 1.29 is 23.9 Å². The fraction of sp³-hybridized carbons (Fsp3) is 0.308. The van der Waals surface area contributed by atoms with Gasteiger partial charge in [0.25, 0.3) is 6.29 Å². The molecule has 0 aliphatic heterocycles. The van der Waals surface area contributed by atoms with Crippen molar-refractivity contribution in [2.75, 3.05) is 0 Å². The van der Waals surface area contributed by atoms with Crippen molar-refractivity contribution in [3.63, 3.8) is 0 Å². The second-order valence-electron chi connectivity index (χ2n) is 3.49. The van der Waals surface area contributed by atoms with E-state index in [0.29, 0.717) is 5.56 Å². The molecule has 0 spiro atoms. The summed E-state index contributed by atoms with van der Waals surface area (Å²) in [6, 6.07) is 8.61. The van der Waals surface area contributed by atoms with Gasteiger partial charge in [-0.25, -0.2) is 0 Å². The fourth-order valence-corrected chi connectivity index (χ4v) is 1.25. The third-order valence-electron chi connectivity index (χ3n) is 2.01. The summed E-state index contributed by atoms with van der Waals surface area (Å²) in [6.45, 7) is 1.23. The Morgan fingerprint density at radius 2 is 1.89 bits per heavy atom. The number of hydrogen-bond donors (Lipinski definition) is 0. The quantitative estimate of drug-likeness (QED) is 0.566. The van der Waals surface area contributed by atoms with Gasteiger partial charge in [0.15, 0.2) is 6.29 Å². The van der Waals surface area contributed by atoms with Gasteiger partial charge >= 0.3 is 11.9 Å². The molecule has 0 aromatic heterocycles. The zero-order valence-corrected chi connectivity index (χ0v) is 9.92. The first-order chi connectivity index (χ1) is 8.63. The van der Waals surface area contributed by atoms with Gasteiger partial charge in [0, 0.05) is 18.9 Å². The van der Waals surface area contributed by atoms with Gasteiger partial charge in [0.2, 0.25) is 0 Å². The minimum atomic E-state index is -1.08. The summed E-state index contributed by atoms with van der Waals surface area (Å²) in [5.74, 6) is -1.17. The van der Waals surface area contributed by atoms with Crippen molar-refractivity contribution in [3.05, 3.63) is 35.9 Å². The van der Waals surface area contributed by atoms with Crippen LogP contribution in [0.1, 0.15) is 31.6 Å². The lowest BCUT2D eigenvalue weighted by molar-refractivity contribution is -0.188. The van der Waals surface area contributed by atoms with Crippen LogP contribution in [0.5, 0.6) is 0 Å². The van der Waals surface area contributed by atoms with E-state index in [4.69, 9.17) is 9.47 Å². The first kappa shape index (κ1) is 13.9. The average molecular weight is 249 g/mol. The fourth-order valence-electron chi connectivity index (χ4n) is 1.25. The lowest BCUT2D eigenvalue weighted by Crippen LogP contribution is -2.16. The number of carbonyl (C=O) groups is 2. The van der Waals surface area contributed by atoms with Crippen LogP contribution in [0.25, 0.3) is 0 Å². The average Bonchev–Trinajstić information content (AvgIpc) is 2.36. The molecule has 1 radical (unpaired) electrons. The van der Waals surface area contributed by atoms with Crippen molar-refractivity contribution >= 4 is 18.2 Å². The maximum atomic E-state index is 11.4. The lowest BCUT2D eigenvalue weighted by atomic mass is 10.2. The van der Waals surface area contributed by atoms with Crippen molar-refractivity contribution in [2.24, 2.45) is 0 Å². The molecule has 0 aliphatic rings. The molecule has 1 aromatic rings. The first-order valence-corrected chi connectivity index (χ1v) is 5.40. The molecule has 1 unspecified atom stereocenters. The van der Waals surface area contributed by atoms with Crippen molar-refractivity contribution in [1.82, 2.24) is 0 Å². The Morgan fingerprint density at radius 3 is 2.44 bits per heavy atom. The lowest BCUT2D eigenvalue weighted by Gasteiger charge is -2.17. The summed E-state index contributed by atoms with van der Waals surface area (Å²) in [7, 11) is 0. The topological polar surface area (TPSA) is 69.7 Å². The van der Waals surface area contributed by atoms with Crippen molar-refractivity contribution in [1.29, 1.82) is 0 Å². The summed E-state index contributed by atoms with van der Waals surface area (Å²) >= 11 is 0. The number of hydrogen-bond acceptors (Lipinski definition) is 5. The van der Waals surface area contributed by atoms with Gasteiger partial charge in [-0.3, -0.25) is 14.4 Å². The standard InChI is InChI=1S/C13H13O5/c1-10(15)17-13(11-6-3-2-4-7-11)18-12(16)8-5-9-14/h2-4,6-7,13H,5,8H2,1H3. The minimum Gasteiger partial charge on any atom is -0.421 e. The highest BCUT2D eigenvalue weighted by atomic mass is 16.7. The number of esters is 2. The highest BCUT2D eigenvalue weighted by molar-refractivity contribution is 5.73. The Balaban J connectivity index is 2.70. The van der Waals surface area contributed by atoms with Gasteiger partial charge < -0.3 is 9.47 Å². The molecule has 0 N–H and O–H groups in total. The van der Waals surface area contributed by atoms with Crippen LogP contribution in [0.4, 0.5) is 0 Å². The third kappa shape index (κ3) is 4.78. The molecule has 95 valence electrons. The molecule has 0 amide bonds. The smallest absolute Gasteiger partial charge is 0.309 e. The molecule has 1 rings (SSSR count).